The lowest BCUT2D eigenvalue weighted by Gasteiger charge is -2.14. The maximum absolute atomic E-state index is 13.1. The number of rotatable bonds is 5. The normalized spacial score (nSPS) is 11.3. The zero-order chi connectivity index (χ0) is 21.1. The first-order chi connectivity index (χ1) is 14.6. The highest BCUT2D eigenvalue weighted by atomic mass is 35.5. The van der Waals surface area contributed by atoms with Crippen LogP contribution in [-0.2, 0) is 6.54 Å². The van der Waals surface area contributed by atoms with Crippen LogP contribution < -0.4 is 10.3 Å². The van der Waals surface area contributed by atoms with Crippen molar-refractivity contribution in [3.63, 3.8) is 0 Å². The van der Waals surface area contributed by atoms with E-state index in [1.54, 1.807) is 55.8 Å². The molecule has 1 aromatic heterocycles. The van der Waals surface area contributed by atoms with E-state index in [0.29, 0.717) is 33.6 Å². The largest absolute Gasteiger partial charge is 0.496 e. The zero-order valence-corrected chi connectivity index (χ0v) is 17.0. The smallest absolute Gasteiger partial charge is 0.265 e. The number of fused-ring (bicyclic) bond motifs is 1. The lowest BCUT2D eigenvalue weighted by atomic mass is 10.1. The van der Waals surface area contributed by atoms with Gasteiger partial charge in [0.25, 0.3) is 5.56 Å². The third kappa shape index (κ3) is 3.55. The highest BCUT2D eigenvalue weighted by molar-refractivity contribution is 6.32. The number of para-hydroxylation sites is 2. The molecule has 0 aliphatic carbocycles. The Hall–Kier alpha value is -3.57. The number of halogens is 1. The van der Waals surface area contributed by atoms with Crippen molar-refractivity contribution in [1.82, 2.24) is 4.57 Å². The second-order valence-corrected chi connectivity index (χ2v) is 7.06. The van der Waals surface area contributed by atoms with E-state index >= 15 is 0 Å². The van der Waals surface area contributed by atoms with Gasteiger partial charge in [0, 0.05) is 22.6 Å². The highest BCUT2D eigenvalue weighted by Crippen LogP contribution is 2.29. The summed E-state index contributed by atoms with van der Waals surface area (Å²) in [7, 11) is 1.61. The molecule has 0 aliphatic rings. The van der Waals surface area contributed by atoms with Crippen molar-refractivity contribution in [2.75, 3.05) is 7.11 Å². The third-order valence-corrected chi connectivity index (χ3v) is 5.19. The molecule has 1 N–H and O–H groups in total. The number of hydrogen-bond acceptors (Lipinski definition) is 4. The minimum atomic E-state index is -0.349. The molecule has 0 saturated carbocycles. The van der Waals surface area contributed by atoms with Crippen LogP contribution in [0.4, 0.5) is 0 Å². The molecule has 4 aromatic rings. The number of aliphatic imine (C=N–C) groups is 1. The van der Waals surface area contributed by atoms with Crippen molar-refractivity contribution in [3.8, 4) is 17.3 Å². The third-order valence-electron chi connectivity index (χ3n) is 4.87. The van der Waals surface area contributed by atoms with Crippen molar-refractivity contribution in [2.45, 2.75) is 6.54 Å². The summed E-state index contributed by atoms with van der Waals surface area (Å²) in [4.78, 5) is 17.6. The first-order valence-electron chi connectivity index (χ1n) is 9.35. The molecular weight excluding hydrogens is 400 g/mol. The summed E-state index contributed by atoms with van der Waals surface area (Å²) in [6, 6.07) is 21.6. The van der Waals surface area contributed by atoms with Crippen molar-refractivity contribution >= 4 is 28.6 Å². The van der Waals surface area contributed by atoms with E-state index in [9.17, 15) is 9.90 Å². The number of methoxy groups -OCH3 is 1. The van der Waals surface area contributed by atoms with E-state index < -0.39 is 0 Å². The summed E-state index contributed by atoms with van der Waals surface area (Å²) in [5.41, 5.74) is 1.42. The van der Waals surface area contributed by atoms with Gasteiger partial charge in [-0.25, -0.2) is 4.57 Å². The fraction of sp³-hybridized carbons (Fsp3) is 0.0833. The Morgan fingerprint density at radius 1 is 1.00 bits per heavy atom. The topological polar surface area (TPSA) is 63.8 Å². The Morgan fingerprint density at radius 2 is 1.67 bits per heavy atom. The number of pyridine rings is 1. The summed E-state index contributed by atoms with van der Waals surface area (Å²) in [6.45, 7) is 0.364. The van der Waals surface area contributed by atoms with E-state index in [0.717, 1.165) is 11.3 Å². The van der Waals surface area contributed by atoms with Crippen LogP contribution in [0, 0.1) is 0 Å². The predicted molar refractivity (Wildman–Crippen MR) is 121 cm³/mol. The molecule has 0 fully saturated rings. The lowest BCUT2D eigenvalue weighted by molar-refractivity contribution is 0.410. The van der Waals surface area contributed by atoms with Crippen LogP contribution >= 0.6 is 11.6 Å². The van der Waals surface area contributed by atoms with Gasteiger partial charge in [0.05, 0.1) is 29.9 Å². The van der Waals surface area contributed by atoms with Crippen molar-refractivity contribution in [3.05, 3.63) is 99.3 Å². The van der Waals surface area contributed by atoms with E-state index in [2.05, 4.69) is 4.99 Å². The van der Waals surface area contributed by atoms with E-state index in [1.807, 2.05) is 30.3 Å². The standard InChI is InChI=1S/C24H19ClN2O3/c1-30-22-13-7-2-8-16(22)14-26-15-19-17-9-3-4-10-18(17)23(28)27(24(19)29)21-12-6-5-11-20(21)25/h2-13,15,29H,14H2,1H3. The maximum Gasteiger partial charge on any atom is 0.265 e. The summed E-state index contributed by atoms with van der Waals surface area (Å²) < 4.78 is 6.58. The molecule has 1 heterocycles. The Labute approximate surface area is 178 Å². The SMILES string of the molecule is COc1ccccc1CN=Cc1c(O)n(-c2ccccc2Cl)c(=O)c2ccccc12. The Morgan fingerprint density at radius 3 is 2.43 bits per heavy atom. The van der Waals surface area contributed by atoms with Gasteiger partial charge in [-0.05, 0) is 24.3 Å². The Kier molecular flexibility index (Phi) is 5.55. The van der Waals surface area contributed by atoms with Gasteiger partial charge in [-0.1, -0.05) is 60.1 Å². The van der Waals surface area contributed by atoms with Crippen LogP contribution in [0.15, 0.2) is 82.6 Å². The molecule has 0 saturated heterocycles. The van der Waals surface area contributed by atoms with Gasteiger partial charge in [-0.15, -0.1) is 0 Å². The van der Waals surface area contributed by atoms with E-state index in [1.165, 1.54) is 4.57 Å². The number of nitrogens with zero attached hydrogens (tertiary/aromatic N) is 2. The average Bonchev–Trinajstić information content (AvgIpc) is 2.77. The molecule has 0 aliphatic heterocycles. The Balaban J connectivity index is 1.87. The van der Waals surface area contributed by atoms with Gasteiger partial charge in [0.1, 0.15) is 5.75 Å². The highest BCUT2D eigenvalue weighted by Gasteiger charge is 2.17. The number of benzene rings is 3. The molecule has 4 rings (SSSR count). The summed E-state index contributed by atoms with van der Waals surface area (Å²) >= 11 is 6.31. The van der Waals surface area contributed by atoms with Crippen LogP contribution in [0.1, 0.15) is 11.1 Å². The monoisotopic (exact) mass is 418 g/mol. The van der Waals surface area contributed by atoms with Crippen LogP contribution in [0.5, 0.6) is 11.6 Å². The lowest BCUT2D eigenvalue weighted by Crippen LogP contribution is -2.20. The van der Waals surface area contributed by atoms with Gasteiger partial charge in [0.2, 0.25) is 5.88 Å². The number of ether oxygens (including phenoxy) is 1. The number of hydrogen-bond donors (Lipinski definition) is 1. The quantitative estimate of drug-likeness (QED) is 0.465. The fourth-order valence-electron chi connectivity index (χ4n) is 3.41. The summed E-state index contributed by atoms with van der Waals surface area (Å²) in [5.74, 6) is 0.528. The number of aromatic hydroxyl groups is 1. The van der Waals surface area contributed by atoms with Crippen LogP contribution in [0.25, 0.3) is 16.5 Å². The molecular formula is C24H19ClN2O3. The molecule has 30 heavy (non-hydrogen) atoms. The fourth-order valence-corrected chi connectivity index (χ4v) is 3.63. The summed E-state index contributed by atoms with van der Waals surface area (Å²) in [5, 5.41) is 12.5. The molecule has 0 amide bonds. The van der Waals surface area contributed by atoms with Crippen molar-refractivity contribution in [2.24, 2.45) is 4.99 Å². The predicted octanol–water partition coefficient (Wildman–Crippen LogP) is 4.98. The number of aromatic nitrogens is 1. The maximum atomic E-state index is 13.1. The van der Waals surface area contributed by atoms with Crippen LogP contribution in [0.2, 0.25) is 5.02 Å². The minimum absolute atomic E-state index is 0.212. The molecule has 3 aromatic carbocycles. The van der Waals surface area contributed by atoms with Crippen LogP contribution in [-0.4, -0.2) is 23.0 Å². The van der Waals surface area contributed by atoms with Crippen molar-refractivity contribution in [1.29, 1.82) is 0 Å². The van der Waals surface area contributed by atoms with Gasteiger partial charge < -0.3 is 9.84 Å². The van der Waals surface area contributed by atoms with Crippen molar-refractivity contribution < 1.29 is 9.84 Å². The molecule has 6 heteroatoms. The van der Waals surface area contributed by atoms with Gasteiger partial charge in [-0.3, -0.25) is 9.79 Å². The van der Waals surface area contributed by atoms with Crippen LogP contribution in [0.3, 0.4) is 0 Å². The molecule has 5 nitrogen and oxygen atoms in total. The first kappa shape index (κ1) is 19.7. The molecule has 0 unspecified atom stereocenters. The Bertz CT molecular complexity index is 1310. The van der Waals surface area contributed by atoms with E-state index in [-0.39, 0.29) is 11.4 Å². The molecule has 0 spiro atoms. The second kappa shape index (κ2) is 8.43. The molecule has 0 radical (unpaired) electrons. The molecule has 0 atom stereocenters. The first-order valence-corrected chi connectivity index (χ1v) is 9.73. The molecule has 0 bridgehead atoms. The van der Waals surface area contributed by atoms with Gasteiger partial charge >= 0.3 is 0 Å². The molecule has 150 valence electrons. The average molecular weight is 419 g/mol. The van der Waals surface area contributed by atoms with E-state index in [4.69, 9.17) is 16.3 Å². The summed E-state index contributed by atoms with van der Waals surface area (Å²) in [6.07, 6.45) is 1.58. The van der Waals surface area contributed by atoms with Gasteiger partial charge in [0.15, 0.2) is 0 Å². The minimum Gasteiger partial charge on any atom is -0.496 e. The zero-order valence-electron chi connectivity index (χ0n) is 16.2. The van der Waals surface area contributed by atoms with Gasteiger partial charge in [-0.2, -0.15) is 0 Å². The second-order valence-electron chi connectivity index (χ2n) is 6.66.